The smallest absolute Gasteiger partial charge is 0.0916 e. The number of hydrogen-bond donors (Lipinski definition) is 2. The summed E-state index contributed by atoms with van der Waals surface area (Å²) in [7, 11) is 0. The summed E-state index contributed by atoms with van der Waals surface area (Å²) in [5, 5.41) is 11.1. The summed E-state index contributed by atoms with van der Waals surface area (Å²) in [6, 6.07) is 5.35. The minimum absolute atomic E-state index is 0.604. The van der Waals surface area contributed by atoms with E-state index in [0.29, 0.717) is 10.7 Å². The average Bonchev–Trinajstić information content (AvgIpc) is 2.18. The van der Waals surface area contributed by atoms with Crippen molar-refractivity contribution in [3.63, 3.8) is 0 Å². The fourth-order valence-electron chi connectivity index (χ4n) is 2.36. The van der Waals surface area contributed by atoms with Gasteiger partial charge in [-0.05, 0) is 25.0 Å². The molecule has 0 atom stereocenters. The zero-order chi connectivity index (χ0) is 10.9. The molecule has 1 aliphatic carbocycles. The maximum atomic E-state index is 10.5. The van der Waals surface area contributed by atoms with Crippen LogP contribution in [0.3, 0.4) is 0 Å². The van der Waals surface area contributed by atoms with Crippen LogP contribution in [0, 0.1) is 0 Å². The van der Waals surface area contributed by atoms with Crippen LogP contribution in [0.4, 0.5) is 5.69 Å². The first-order valence-electron chi connectivity index (χ1n) is 5.40. The Hall–Kier alpha value is -0.730. The van der Waals surface area contributed by atoms with Gasteiger partial charge in [0.1, 0.15) is 0 Å². The molecule has 2 nitrogen and oxygen atoms in total. The predicted octanol–water partition coefficient (Wildman–Crippen LogP) is 3.07. The third-order valence-corrected chi connectivity index (χ3v) is 3.43. The quantitative estimate of drug-likeness (QED) is 0.722. The van der Waals surface area contributed by atoms with E-state index in [0.717, 1.165) is 31.2 Å². The minimum atomic E-state index is -0.729. The summed E-state index contributed by atoms with van der Waals surface area (Å²) in [6.07, 6.45) is 4.95. The number of rotatable bonds is 1. The van der Waals surface area contributed by atoms with Gasteiger partial charge in [-0.2, -0.15) is 0 Å². The lowest BCUT2D eigenvalue weighted by molar-refractivity contribution is 0.0000870. The molecule has 82 valence electrons. The normalized spacial score (nSPS) is 20.1. The Balaban J connectivity index is 2.35. The molecule has 0 aliphatic heterocycles. The van der Waals surface area contributed by atoms with Crippen LogP contribution in [0.15, 0.2) is 18.2 Å². The summed E-state index contributed by atoms with van der Waals surface area (Å²) in [4.78, 5) is 0. The van der Waals surface area contributed by atoms with Gasteiger partial charge in [0.05, 0.1) is 5.60 Å². The van der Waals surface area contributed by atoms with Crippen LogP contribution in [0.2, 0.25) is 5.02 Å². The van der Waals surface area contributed by atoms with E-state index in [1.165, 1.54) is 6.42 Å². The van der Waals surface area contributed by atoms with Crippen molar-refractivity contribution in [2.45, 2.75) is 37.7 Å². The lowest BCUT2D eigenvalue weighted by Gasteiger charge is -2.33. The molecule has 15 heavy (non-hydrogen) atoms. The Labute approximate surface area is 95.1 Å². The maximum absolute atomic E-state index is 10.5. The molecule has 1 fully saturated rings. The van der Waals surface area contributed by atoms with E-state index in [4.69, 9.17) is 17.3 Å². The largest absolute Gasteiger partial charge is 0.398 e. The number of benzene rings is 1. The van der Waals surface area contributed by atoms with Crippen LogP contribution < -0.4 is 5.73 Å². The van der Waals surface area contributed by atoms with E-state index in [-0.39, 0.29) is 0 Å². The van der Waals surface area contributed by atoms with Gasteiger partial charge < -0.3 is 10.8 Å². The van der Waals surface area contributed by atoms with Crippen molar-refractivity contribution >= 4 is 17.3 Å². The van der Waals surface area contributed by atoms with Crippen LogP contribution >= 0.6 is 11.6 Å². The highest BCUT2D eigenvalue weighted by atomic mass is 35.5. The lowest BCUT2D eigenvalue weighted by atomic mass is 9.79. The van der Waals surface area contributed by atoms with Gasteiger partial charge >= 0.3 is 0 Å². The molecule has 0 aromatic heterocycles. The fourth-order valence-corrected chi connectivity index (χ4v) is 2.54. The van der Waals surface area contributed by atoms with Crippen molar-refractivity contribution in [1.29, 1.82) is 0 Å². The highest BCUT2D eigenvalue weighted by molar-refractivity contribution is 6.30. The van der Waals surface area contributed by atoms with Crippen LogP contribution in [0.25, 0.3) is 0 Å². The Morgan fingerprint density at radius 1 is 1.20 bits per heavy atom. The van der Waals surface area contributed by atoms with Gasteiger partial charge in [-0.15, -0.1) is 0 Å². The summed E-state index contributed by atoms with van der Waals surface area (Å²) >= 11 is 5.84. The third-order valence-electron chi connectivity index (χ3n) is 3.20. The summed E-state index contributed by atoms with van der Waals surface area (Å²) in [6.45, 7) is 0. The van der Waals surface area contributed by atoms with Gasteiger partial charge in [0.15, 0.2) is 0 Å². The third kappa shape index (κ3) is 2.11. The van der Waals surface area contributed by atoms with Crippen molar-refractivity contribution in [3.05, 3.63) is 28.8 Å². The van der Waals surface area contributed by atoms with E-state index in [1.54, 1.807) is 12.1 Å². The fraction of sp³-hybridized carbons (Fsp3) is 0.500. The van der Waals surface area contributed by atoms with Crippen LogP contribution in [-0.4, -0.2) is 5.11 Å². The van der Waals surface area contributed by atoms with Gasteiger partial charge in [0, 0.05) is 16.3 Å². The Morgan fingerprint density at radius 2 is 1.87 bits per heavy atom. The predicted molar refractivity (Wildman–Crippen MR) is 62.8 cm³/mol. The number of nitrogens with two attached hydrogens (primary N) is 1. The molecule has 0 unspecified atom stereocenters. The van der Waals surface area contributed by atoms with Crippen LogP contribution in [0.5, 0.6) is 0 Å². The number of hydrogen-bond acceptors (Lipinski definition) is 2. The molecular weight excluding hydrogens is 210 g/mol. The first kappa shape index (κ1) is 10.8. The van der Waals surface area contributed by atoms with Crippen molar-refractivity contribution in [2.75, 3.05) is 5.73 Å². The van der Waals surface area contributed by atoms with E-state index in [1.807, 2.05) is 6.07 Å². The highest BCUT2D eigenvalue weighted by Gasteiger charge is 2.32. The topological polar surface area (TPSA) is 46.2 Å². The minimum Gasteiger partial charge on any atom is -0.398 e. The van der Waals surface area contributed by atoms with Crippen molar-refractivity contribution in [1.82, 2.24) is 0 Å². The van der Waals surface area contributed by atoms with Crippen molar-refractivity contribution < 1.29 is 5.11 Å². The van der Waals surface area contributed by atoms with Crippen LogP contribution in [0.1, 0.15) is 37.7 Å². The van der Waals surface area contributed by atoms with E-state index < -0.39 is 5.60 Å². The molecule has 1 aromatic rings. The second-order valence-electron chi connectivity index (χ2n) is 4.32. The molecule has 0 saturated heterocycles. The lowest BCUT2D eigenvalue weighted by Crippen LogP contribution is -2.29. The highest BCUT2D eigenvalue weighted by Crippen LogP contribution is 2.39. The van der Waals surface area contributed by atoms with Gasteiger partial charge in [0.2, 0.25) is 0 Å². The Morgan fingerprint density at radius 3 is 2.47 bits per heavy atom. The first-order valence-corrected chi connectivity index (χ1v) is 5.77. The van der Waals surface area contributed by atoms with E-state index >= 15 is 0 Å². The maximum Gasteiger partial charge on any atom is 0.0916 e. The second-order valence-corrected chi connectivity index (χ2v) is 4.76. The number of aliphatic hydroxyl groups is 1. The second kappa shape index (κ2) is 4.03. The van der Waals surface area contributed by atoms with Crippen LogP contribution in [-0.2, 0) is 5.60 Å². The molecule has 0 heterocycles. The number of nitrogen functional groups attached to an aromatic ring is 1. The molecule has 3 N–H and O–H groups in total. The summed E-state index contributed by atoms with van der Waals surface area (Å²) < 4.78 is 0. The number of anilines is 1. The zero-order valence-electron chi connectivity index (χ0n) is 8.67. The molecule has 0 amide bonds. The van der Waals surface area contributed by atoms with Gasteiger partial charge in [-0.1, -0.05) is 36.9 Å². The van der Waals surface area contributed by atoms with E-state index in [9.17, 15) is 5.11 Å². The molecule has 1 saturated carbocycles. The molecule has 0 radical (unpaired) electrons. The van der Waals surface area contributed by atoms with Gasteiger partial charge in [-0.25, -0.2) is 0 Å². The number of halogens is 1. The standard InChI is InChI=1S/C12H16ClNO/c13-9-4-5-10(11(14)8-9)12(15)6-2-1-3-7-12/h4-5,8,15H,1-3,6-7,14H2. The molecule has 2 rings (SSSR count). The van der Waals surface area contributed by atoms with Crippen molar-refractivity contribution in [2.24, 2.45) is 0 Å². The average molecular weight is 226 g/mol. The SMILES string of the molecule is Nc1cc(Cl)ccc1C1(O)CCCCC1. The van der Waals surface area contributed by atoms with Crippen molar-refractivity contribution in [3.8, 4) is 0 Å². The monoisotopic (exact) mass is 225 g/mol. The van der Waals surface area contributed by atoms with E-state index in [2.05, 4.69) is 0 Å². The van der Waals surface area contributed by atoms with Gasteiger partial charge in [-0.3, -0.25) is 0 Å². The Kier molecular flexibility index (Phi) is 2.89. The molecule has 0 bridgehead atoms. The molecule has 1 aromatic carbocycles. The molecule has 1 aliphatic rings. The molecule has 0 spiro atoms. The molecular formula is C12H16ClNO. The zero-order valence-corrected chi connectivity index (χ0v) is 9.43. The molecule has 3 heteroatoms. The summed E-state index contributed by atoms with van der Waals surface area (Å²) in [5.41, 5.74) is 6.61. The summed E-state index contributed by atoms with van der Waals surface area (Å²) in [5.74, 6) is 0. The Bertz CT molecular complexity index is 359. The first-order chi connectivity index (χ1) is 7.12. The van der Waals surface area contributed by atoms with Gasteiger partial charge in [0.25, 0.3) is 0 Å².